The number of fused-ring (bicyclic) bond motifs is 2. The fraction of sp³-hybridized carbons (Fsp3) is 0.200. The zero-order chi connectivity index (χ0) is 21.6. The number of nitrogens with zero attached hydrogens (tertiary/aromatic N) is 2. The molecule has 5 rings (SSSR count). The molecule has 2 heterocycles. The summed E-state index contributed by atoms with van der Waals surface area (Å²) in [5, 5.41) is 0.577. The maximum absolute atomic E-state index is 14.0. The Hall–Kier alpha value is -2.76. The SMILES string of the molecule is Cc1cccc(CN2C(=O)C3(SCCN3C(=O)c3ccc(Cl)cc3)c3ccccc32)c1. The lowest BCUT2D eigenvalue weighted by Crippen LogP contribution is -2.50. The van der Waals surface area contributed by atoms with E-state index in [4.69, 9.17) is 11.6 Å². The number of thioether (sulfide) groups is 1. The van der Waals surface area contributed by atoms with Gasteiger partial charge in [0.05, 0.1) is 12.2 Å². The third-order valence-electron chi connectivity index (χ3n) is 5.86. The van der Waals surface area contributed by atoms with Crippen LogP contribution in [0.4, 0.5) is 5.69 Å². The Morgan fingerprint density at radius 1 is 1.06 bits per heavy atom. The van der Waals surface area contributed by atoms with Crippen LogP contribution in [0.1, 0.15) is 27.0 Å². The second-order valence-corrected chi connectivity index (χ2v) is 9.58. The van der Waals surface area contributed by atoms with E-state index in [2.05, 4.69) is 6.07 Å². The molecule has 2 aliphatic rings. The van der Waals surface area contributed by atoms with Gasteiger partial charge in [-0.25, -0.2) is 0 Å². The minimum atomic E-state index is -1.03. The average Bonchev–Trinajstić information content (AvgIpc) is 3.31. The molecule has 2 aliphatic heterocycles. The molecule has 0 radical (unpaired) electrons. The van der Waals surface area contributed by atoms with Crippen molar-refractivity contribution in [3.8, 4) is 0 Å². The Labute approximate surface area is 190 Å². The summed E-state index contributed by atoms with van der Waals surface area (Å²) in [7, 11) is 0. The number of para-hydroxylation sites is 1. The van der Waals surface area contributed by atoms with Crippen molar-refractivity contribution in [1.82, 2.24) is 4.90 Å². The van der Waals surface area contributed by atoms with E-state index < -0.39 is 4.87 Å². The summed E-state index contributed by atoms with van der Waals surface area (Å²) in [6.45, 7) is 3.04. The predicted molar refractivity (Wildman–Crippen MR) is 125 cm³/mol. The maximum atomic E-state index is 14.0. The first kappa shape index (κ1) is 20.2. The summed E-state index contributed by atoms with van der Waals surface area (Å²) in [6.07, 6.45) is 0. The van der Waals surface area contributed by atoms with E-state index in [9.17, 15) is 9.59 Å². The molecule has 3 aromatic carbocycles. The fourth-order valence-electron chi connectivity index (χ4n) is 4.47. The van der Waals surface area contributed by atoms with Crippen LogP contribution in [0.15, 0.2) is 72.8 Å². The van der Waals surface area contributed by atoms with Gasteiger partial charge in [-0.1, -0.05) is 59.6 Å². The van der Waals surface area contributed by atoms with Crippen molar-refractivity contribution in [2.24, 2.45) is 0 Å². The second kappa shape index (κ2) is 7.74. The summed E-state index contributed by atoms with van der Waals surface area (Å²) in [5.74, 6) is 0.500. The normalized spacial score (nSPS) is 19.9. The first-order valence-electron chi connectivity index (χ1n) is 10.2. The first-order chi connectivity index (χ1) is 15.0. The molecule has 0 N–H and O–H groups in total. The molecular weight excluding hydrogens is 428 g/mol. The van der Waals surface area contributed by atoms with Crippen molar-refractivity contribution < 1.29 is 9.59 Å². The van der Waals surface area contributed by atoms with Crippen molar-refractivity contribution in [3.05, 3.63) is 100 Å². The van der Waals surface area contributed by atoms with E-state index in [0.717, 1.165) is 22.4 Å². The molecular formula is C25H21ClN2O2S. The second-order valence-electron chi connectivity index (χ2n) is 7.85. The predicted octanol–water partition coefficient (Wildman–Crippen LogP) is 5.24. The Morgan fingerprint density at radius 3 is 2.61 bits per heavy atom. The molecule has 31 heavy (non-hydrogen) atoms. The molecule has 1 spiro atoms. The molecule has 1 fully saturated rings. The van der Waals surface area contributed by atoms with Gasteiger partial charge < -0.3 is 9.80 Å². The Kier molecular flexibility index (Phi) is 5.03. The van der Waals surface area contributed by atoms with E-state index in [1.54, 1.807) is 40.9 Å². The maximum Gasteiger partial charge on any atom is 0.268 e. The van der Waals surface area contributed by atoms with Gasteiger partial charge in [-0.15, -0.1) is 11.8 Å². The Balaban J connectivity index is 1.57. The molecule has 0 aliphatic carbocycles. The van der Waals surface area contributed by atoms with Crippen LogP contribution in [-0.2, 0) is 16.2 Å². The number of benzene rings is 3. The number of anilines is 1. The van der Waals surface area contributed by atoms with Crippen LogP contribution < -0.4 is 4.90 Å². The van der Waals surface area contributed by atoms with E-state index >= 15 is 0 Å². The van der Waals surface area contributed by atoms with Gasteiger partial charge in [0.1, 0.15) is 0 Å². The number of amides is 2. The molecule has 4 nitrogen and oxygen atoms in total. The van der Waals surface area contributed by atoms with E-state index in [1.807, 2.05) is 54.3 Å². The number of aryl methyl sites for hydroxylation is 1. The molecule has 3 aromatic rings. The van der Waals surface area contributed by atoms with Crippen LogP contribution in [0.2, 0.25) is 5.02 Å². The Morgan fingerprint density at radius 2 is 1.84 bits per heavy atom. The van der Waals surface area contributed by atoms with Crippen molar-refractivity contribution in [2.45, 2.75) is 18.3 Å². The molecule has 6 heteroatoms. The van der Waals surface area contributed by atoms with Gasteiger partial charge >= 0.3 is 0 Å². The standard InChI is InChI=1S/C25H21ClN2O2S/c1-17-5-4-6-18(15-17)16-27-22-8-3-2-7-21(22)25(24(27)30)28(13-14-31-25)23(29)19-9-11-20(26)12-10-19/h2-12,15H,13-14,16H2,1H3. The number of halogens is 1. The van der Waals surface area contributed by atoms with Crippen LogP contribution >= 0.6 is 23.4 Å². The topological polar surface area (TPSA) is 40.6 Å². The molecule has 0 bridgehead atoms. The summed E-state index contributed by atoms with van der Waals surface area (Å²) in [4.78, 5) is 30.0. The summed E-state index contributed by atoms with van der Waals surface area (Å²) in [6, 6.07) is 22.9. The number of carbonyl (C=O) groups excluding carboxylic acids is 2. The van der Waals surface area contributed by atoms with Gasteiger partial charge in [0, 0.05) is 28.4 Å². The third kappa shape index (κ3) is 3.24. The molecule has 1 saturated heterocycles. The highest BCUT2D eigenvalue weighted by molar-refractivity contribution is 8.01. The minimum Gasteiger partial charge on any atom is -0.311 e. The highest BCUT2D eigenvalue weighted by Gasteiger charge is 2.59. The van der Waals surface area contributed by atoms with Crippen molar-refractivity contribution in [1.29, 1.82) is 0 Å². The van der Waals surface area contributed by atoms with E-state index in [1.165, 1.54) is 0 Å². The lowest BCUT2D eigenvalue weighted by Gasteiger charge is -2.33. The number of hydrogen-bond donors (Lipinski definition) is 0. The highest BCUT2D eigenvalue weighted by atomic mass is 35.5. The zero-order valence-corrected chi connectivity index (χ0v) is 18.6. The zero-order valence-electron chi connectivity index (χ0n) is 17.0. The molecule has 156 valence electrons. The minimum absolute atomic E-state index is 0.0555. The van der Waals surface area contributed by atoms with Gasteiger partial charge in [-0.3, -0.25) is 9.59 Å². The van der Waals surface area contributed by atoms with Crippen molar-refractivity contribution in [2.75, 3.05) is 17.2 Å². The molecule has 0 aromatic heterocycles. The van der Waals surface area contributed by atoms with Crippen molar-refractivity contribution in [3.63, 3.8) is 0 Å². The smallest absolute Gasteiger partial charge is 0.268 e. The fourth-order valence-corrected chi connectivity index (χ4v) is 6.05. The lowest BCUT2D eigenvalue weighted by atomic mass is 10.0. The van der Waals surface area contributed by atoms with Gasteiger partial charge in [0.15, 0.2) is 4.87 Å². The van der Waals surface area contributed by atoms with Crippen LogP contribution in [0.25, 0.3) is 0 Å². The van der Waals surface area contributed by atoms with Crippen LogP contribution in [0.3, 0.4) is 0 Å². The lowest BCUT2D eigenvalue weighted by molar-refractivity contribution is -0.123. The van der Waals surface area contributed by atoms with Gasteiger partial charge in [0.25, 0.3) is 11.8 Å². The number of carbonyl (C=O) groups is 2. The van der Waals surface area contributed by atoms with Gasteiger partial charge in [-0.2, -0.15) is 0 Å². The number of hydrogen-bond acceptors (Lipinski definition) is 3. The van der Waals surface area contributed by atoms with Crippen LogP contribution in [-0.4, -0.2) is 29.0 Å². The largest absolute Gasteiger partial charge is 0.311 e. The van der Waals surface area contributed by atoms with E-state index in [0.29, 0.717) is 29.4 Å². The molecule has 0 saturated carbocycles. The summed E-state index contributed by atoms with van der Waals surface area (Å²) < 4.78 is 0. The van der Waals surface area contributed by atoms with Gasteiger partial charge in [0.2, 0.25) is 0 Å². The van der Waals surface area contributed by atoms with Crippen molar-refractivity contribution >= 4 is 40.9 Å². The summed E-state index contributed by atoms with van der Waals surface area (Å²) >= 11 is 7.55. The Bertz CT molecular complexity index is 1180. The highest BCUT2D eigenvalue weighted by Crippen LogP contribution is 2.54. The number of rotatable bonds is 3. The average molecular weight is 449 g/mol. The van der Waals surface area contributed by atoms with Gasteiger partial charge in [-0.05, 0) is 42.8 Å². The quantitative estimate of drug-likeness (QED) is 0.550. The first-order valence-corrected chi connectivity index (χ1v) is 11.6. The molecule has 1 atom stereocenters. The summed E-state index contributed by atoms with van der Waals surface area (Å²) in [5.41, 5.74) is 4.52. The van der Waals surface area contributed by atoms with E-state index in [-0.39, 0.29) is 11.8 Å². The van der Waals surface area contributed by atoms with Crippen LogP contribution in [0, 0.1) is 6.92 Å². The monoisotopic (exact) mass is 448 g/mol. The molecule has 1 unspecified atom stereocenters. The molecule has 2 amide bonds. The van der Waals surface area contributed by atoms with Crippen LogP contribution in [0.5, 0.6) is 0 Å². The third-order valence-corrected chi connectivity index (χ3v) is 7.53.